The molecule has 0 aromatic rings. The maximum atomic E-state index is 9.12. The lowest BCUT2D eigenvalue weighted by atomic mass is 10.4. The van der Waals surface area contributed by atoms with Gasteiger partial charge in [0.1, 0.15) is 0 Å². The molecule has 0 amide bonds. The third-order valence-corrected chi connectivity index (χ3v) is 4.68. The topological polar surface area (TPSA) is 109 Å². The number of rotatable bonds is 18. The summed E-state index contributed by atoms with van der Waals surface area (Å²) in [6.45, 7) is 2.88. The molecule has 23 heavy (non-hydrogen) atoms. The number of thioether (sulfide) groups is 2. The van der Waals surface area contributed by atoms with Crippen LogP contribution in [0.25, 0.3) is 0 Å². The van der Waals surface area contributed by atoms with Crippen LogP contribution in [-0.4, -0.2) is 109 Å². The van der Waals surface area contributed by atoms with Gasteiger partial charge >= 0.3 is 0 Å². The molecule has 0 aromatic heterocycles. The maximum absolute atomic E-state index is 9.12. The second-order valence-electron chi connectivity index (χ2n) is 4.66. The molecule has 0 rings (SSSR count). The van der Waals surface area contributed by atoms with Gasteiger partial charge in [0.05, 0.1) is 65.1 Å². The molecule has 0 fully saturated rings. The Morgan fingerprint density at radius 1 is 0.609 bits per heavy atom. The molecule has 140 valence electrons. The molecule has 0 spiro atoms. The minimum absolute atomic E-state index is 0.201. The Bertz CT molecular complexity index is 215. The van der Waals surface area contributed by atoms with Crippen molar-refractivity contribution in [2.45, 2.75) is 12.2 Å². The summed E-state index contributed by atoms with van der Waals surface area (Å²) in [6.07, 6.45) is -1.30. The van der Waals surface area contributed by atoms with Crippen molar-refractivity contribution in [1.82, 2.24) is 0 Å². The van der Waals surface area contributed by atoms with Crippen LogP contribution in [0.3, 0.4) is 0 Å². The van der Waals surface area contributed by atoms with Crippen molar-refractivity contribution in [2.24, 2.45) is 0 Å². The van der Waals surface area contributed by atoms with E-state index >= 15 is 0 Å². The first-order valence-corrected chi connectivity index (χ1v) is 9.98. The molecule has 9 heteroatoms. The molecule has 0 saturated carbocycles. The molecule has 0 aromatic carbocycles. The normalized spacial score (nSPS) is 14.1. The summed E-state index contributed by atoms with van der Waals surface area (Å²) >= 11 is 3.09. The average molecular weight is 375 g/mol. The monoisotopic (exact) mass is 374 g/mol. The summed E-state index contributed by atoms with van der Waals surface area (Å²) in [4.78, 5) is 0. The summed E-state index contributed by atoms with van der Waals surface area (Å²) in [5, 5.41) is 35.5. The van der Waals surface area contributed by atoms with E-state index < -0.39 is 12.2 Å². The minimum atomic E-state index is -0.651. The van der Waals surface area contributed by atoms with Crippen LogP contribution in [0, 0.1) is 0 Å². The Hall–Kier alpha value is 0.420. The van der Waals surface area contributed by atoms with Gasteiger partial charge in [-0.25, -0.2) is 0 Å². The Kier molecular flexibility index (Phi) is 19.1. The summed E-state index contributed by atoms with van der Waals surface area (Å²) in [5.74, 6) is 2.60. The van der Waals surface area contributed by atoms with Crippen LogP contribution in [0.1, 0.15) is 0 Å². The van der Waals surface area contributed by atoms with Crippen molar-refractivity contribution in [1.29, 1.82) is 0 Å². The second-order valence-corrected chi connectivity index (χ2v) is 6.96. The fourth-order valence-electron chi connectivity index (χ4n) is 1.32. The van der Waals surface area contributed by atoms with Crippen molar-refractivity contribution >= 4 is 23.5 Å². The Morgan fingerprint density at radius 3 is 1.30 bits per heavy atom. The fraction of sp³-hybridized carbons (Fsp3) is 1.00. The van der Waals surface area contributed by atoms with Gasteiger partial charge in [0.2, 0.25) is 0 Å². The third kappa shape index (κ3) is 18.6. The Labute approximate surface area is 146 Å². The number of hydrogen-bond acceptors (Lipinski definition) is 9. The smallest absolute Gasteiger partial charge is 0.0861 e. The molecular weight excluding hydrogens is 344 g/mol. The Morgan fingerprint density at radius 2 is 0.957 bits per heavy atom. The van der Waals surface area contributed by atoms with Gasteiger partial charge in [-0.2, -0.15) is 23.5 Å². The lowest BCUT2D eigenvalue weighted by molar-refractivity contribution is 0.0205. The molecule has 0 aliphatic heterocycles. The van der Waals surface area contributed by atoms with Crippen LogP contribution in [0.5, 0.6) is 0 Å². The van der Waals surface area contributed by atoms with Gasteiger partial charge in [-0.1, -0.05) is 0 Å². The molecule has 0 saturated heterocycles. The first-order chi connectivity index (χ1) is 11.2. The molecule has 0 aliphatic carbocycles. The quantitative estimate of drug-likeness (QED) is 0.230. The predicted octanol–water partition coefficient (Wildman–Crippen LogP) is -0.791. The van der Waals surface area contributed by atoms with Gasteiger partial charge in [0.25, 0.3) is 0 Å². The Balaban J connectivity index is 3.03. The highest BCUT2D eigenvalue weighted by Gasteiger charge is 2.01. The molecule has 0 bridgehead atoms. The zero-order valence-corrected chi connectivity index (χ0v) is 15.1. The van der Waals surface area contributed by atoms with Gasteiger partial charge in [-0.3, -0.25) is 0 Å². The first kappa shape index (κ1) is 23.4. The zero-order valence-electron chi connectivity index (χ0n) is 13.5. The fourth-order valence-corrected chi connectivity index (χ4v) is 2.88. The highest BCUT2D eigenvalue weighted by molar-refractivity contribution is 7.99. The van der Waals surface area contributed by atoms with E-state index in [2.05, 4.69) is 0 Å². The lowest BCUT2D eigenvalue weighted by Gasteiger charge is -2.08. The molecule has 4 N–H and O–H groups in total. The summed E-state index contributed by atoms with van der Waals surface area (Å²) in [6, 6.07) is 0. The van der Waals surface area contributed by atoms with E-state index in [0.717, 1.165) is 11.5 Å². The van der Waals surface area contributed by atoms with Crippen LogP contribution in [-0.2, 0) is 14.2 Å². The summed E-state index contributed by atoms with van der Waals surface area (Å²) in [7, 11) is 0. The summed E-state index contributed by atoms with van der Waals surface area (Å²) < 4.78 is 16.1. The van der Waals surface area contributed by atoms with Crippen LogP contribution in [0.15, 0.2) is 0 Å². The van der Waals surface area contributed by atoms with Crippen LogP contribution >= 0.6 is 23.5 Å². The average Bonchev–Trinajstić information content (AvgIpc) is 2.57. The van der Waals surface area contributed by atoms with Crippen LogP contribution < -0.4 is 0 Å². The van der Waals surface area contributed by atoms with E-state index in [-0.39, 0.29) is 13.2 Å². The van der Waals surface area contributed by atoms with Crippen LogP contribution in [0.4, 0.5) is 0 Å². The lowest BCUT2D eigenvalue weighted by Crippen LogP contribution is -2.16. The highest BCUT2D eigenvalue weighted by Crippen LogP contribution is 2.03. The van der Waals surface area contributed by atoms with Crippen molar-refractivity contribution in [2.75, 3.05) is 75.9 Å². The predicted molar refractivity (Wildman–Crippen MR) is 93.3 cm³/mol. The third-order valence-electron chi connectivity index (χ3n) is 2.53. The molecule has 0 radical (unpaired) electrons. The zero-order chi connectivity index (χ0) is 17.2. The SMILES string of the molecule is OCC(O)CSCCOCCOCCOCCSCC(O)CO. The van der Waals surface area contributed by atoms with Crippen LogP contribution in [0.2, 0.25) is 0 Å². The van der Waals surface area contributed by atoms with Gasteiger partial charge in [-0.05, 0) is 0 Å². The van der Waals surface area contributed by atoms with E-state index in [4.69, 9.17) is 34.6 Å². The van der Waals surface area contributed by atoms with E-state index in [1.807, 2.05) is 0 Å². The summed E-state index contributed by atoms with van der Waals surface area (Å²) in [5.41, 5.74) is 0. The van der Waals surface area contributed by atoms with E-state index in [9.17, 15) is 0 Å². The van der Waals surface area contributed by atoms with Crippen molar-refractivity contribution < 1.29 is 34.6 Å². The molecule has 0 aliphatic rings. The molecule has 2 unspecified atom stereocenters. The van der Waals surface area contributed by atoms with E-state index in [0.29, 0.717) is 51.1 Å². The van der Waals surface area contributed by atoms with Crippen molar-refractivity contribution in [3.05, 3.63) is 0 Å². The number of aliphatic hydroxyl groups excluding tert-OH is 4. The largest absolute Gasteiger partial charge is 0.394 e. The van der Waals surface area contributed by atoms with Gasteiger partial charge < -0.3 is 34.6 Å². The van der Waals surface area contributed by atoms with E-state index in [1.54, 1.807) is 23.5 Å². The number of aliphatic hydroxyl groups is 4. The number of hydrogen-bond donors (Lipinski definition) is 4. The highest BCUT2D eigenvalue weighted by atomic mass is 32.2. The second kappa shape index (κ2) is 18.8. The van der Waals surface area contributed by atoms with Crippen molar-refractivity contribution in [3.63, 3.8) is 0 Å². The van der Waals surface area contributed by atoms with Gasteiger partial charge in [0, 0.05) is 23.0 Å². The standard InChI is InChI=1S/C14H30O7S2/c15-9-13(17)11-22-7-5-20-3-1-19-2-4-21-6-8-23-12-14(18)10-16/h13-18H,1-12H2. The molecular formula is C14H30O7S2. The first-order valence-electron chi connectivity index (χ1n) is 7.67. The van der Waals surface area contributed by atoms with Crippen molar-refractivity contribution in [3.8, 4) is 0 Å². The molecule has 0 heterocycles. The number of ether oxygens (including phenoxy) is 3. The van der Waals surface area contributed by atoms with Gasteiger partial charge in [0.15, 0.2) is 0 Å². The molecule has 2 atom stereocenters. The van der Waals surface area contributed by atoms with Gasteiger partial charge in [-0.15, -0.1) is 0 Å². The maximum Gasteiger partial charge on any atom is 0.0861 e. The van der Waals surface area contributed by atoms with E-state index in [1.165, 1.54) is 0 Å². The molecule has 7 nitrogen and oxygen atoms in total. The minimum Gasteiger partial charge on any atom is -0.394 e.